The monoisotopic (exact) mass is 378 g/mol. The molecule has 0 heterocycles. The number of benzene rings is 2. The molecule has 0 aromatic heterocycles. The van der Waals surface area contributed by atoms with Gasteiger partial charge in [-0.2, -0.15) is 0 Å². The normalized spacial score (nSPS) is 12.5. The summed E-state index contributed by atoms with van der Waals surface area (Å²) >= 11 is 0. The van der Waals surface area contributed by atoms with E-state index in [-0.39, 0.29) is 16.7 Å². The van der Waals surface area contributed by atoms with Gasteiger partial charge < -0.3 is 10.1 Å². The van der Waals surface area contributed by atoms with Gasteiger partial charge in [0.2, 0.25) is 0 Å². The molecule has 2 rings (SSSR count). The first-order valence-corrected chi connectivity index (χ1v) is 10.1. The highest BCUT2D eigenvalue weighted by Crippen LogP contribution is 2.27. The highest BCUT2D eigenvalue weighted by Gasteiger charge is 2.18. The Labute approximate surface area is 153 Å². The number of nitro groups is 1. The molecule has 2 aromatic rings. The maximum atomic E-state index is 11.5. The van der Waals surface area contributed by atoms with Gasteiger partial charge in [0.1, 0.15) is 5.69 Å². The van der Waals surface area contributed by atoms with Crippen LogP contribution in [0, 0.1) is 10.1 Å². The molecule has 2 aromatic carbocycles. The molecule has 1 atom stereocenters. The largest absolute Gasteiger partial charge is 0.379 e. The van der Waals surface area contributed by atoms with Gasteiger partial charge in [-0.15, -0.1) is 0 Å². The molecule has 0 spiro atoms. The summed E-state index contributed by atoms with van der Waals surface area (Å²) in [5.74, 6) is 0. The second kappa shape index (κ2) is 8.77. The van der Waals surface area contributed by atoms with Gasteiger partial charge in [-0.3, -0.25) is 10.1 Å². The van der Waals surface area contributed by atoms with E-state index in [1.807, 2.05) is 37.3 Å². The van der Waals surface area contributed by atoms with Crippen LogP contribution < -0.4 is 5.32 Å². The predicted molar refractivity (Wildman–Crippen MR) is 100 cm³/mol. The van der Waals surface area contributed by atoms with Crippen molar-refractivity contribution in [3.8, 4) is 0 Å². The van der Waals surface area contributed by atoms with E-state index in [2.05, 4.69) is 5.32 Å². The van der Waals surface area contributed by atoms with Crippen LogP contribution in [0.5, 0.6) is 0 Å². The average Bonchev–Trinajstić information content (AvgIpc) is 2.61. The van der Waals surface area contributed by atoms with E-state index < -0.39 is 14.8 Å². The van der Waals surface area contributed by atoms with Gasteiger partial charge in [-0.1, -0.05) is 30.3 Å². The lowest BCUT2D eigenvalue weighted by atomic mass is 10.1. The van der Waals surface area contributed by atoms with E-state index in [4.69, 9.17) is 4.74 Å². The third-order valence-electron chi connectivity index (χ3n) is 3.87. The van der Waals surface area contributed by atoms with E-state index in [1.54, 1.807) is 0 Å². The molecular formula is C18H22N2O5S. The van der Waals surface area contributed by atoms with E-state index in [9.17, 15) is 18.5 Å². The molecule has 7 nitrogen and oxygen atoms in total. The van der Waals surface area contributed by atoms with Crippen molar-refractivity contribution >= 4 is 21.2 Å². The Morgan fingerprint density at radius 2 is 1.88 bits per heavy atom. The topological polar surface area (TPSA) is 98.5 Å². The Morgan fingerprint density at radius 1 is 1.19 bits per heavy atom. The smallest absolute Gasteiger partial charge is 0.293 e. The SMILES string of the molecule is C[C@@H](OCCCNc1ccc(S(C)(=O)=O)cc1[N+](=O)[O-])c1ccccc1. The molecule has 140 valence electrons. The lowest BCUT2D eigenvalue weighted by molar-refractivity contribution is -0.384. The van der Waals surface area contributed by atoms with Gasteiger partial charge in [0.25, 0.3) is 5.69 Å². The molecule has 0 amide bonds. The average molecular weight is 378 g/mol. The van der Waals surface area contributed by atoms with Gasteiger partial charge in [0.15, 0.2) is 9.84 Å². The summed E-state index contributed by atoms with van der Waals surface area (Å²) in [7, 11) is -3.49. The fourth-order valence-electron chi connectivity index (χ4n) is 2.42. The molecule has 0 fully saturated rings. The van der Waals surface area contributed by atoms with Crippen molar-refractivity contribution in [3.05, 3.63) is 64.2 Å². The van der Waals surface area contributed by atoms with Crippen LogP contribution in [0.25, 0.3) is 0 Å². The summed E-state index contributed by atoms with van der Waals surface area (Å²) in [6.07, 6.45) is 1.65. The Bertz CT molecular complexity index is 853. The molecule has 0 aliphatic heterocycles. The molecule has 0 aliphatic carbocycles. The summed E-state index contributed by atoms with van der Waals surface area (Å²) in [5, 5.41) is 14.2. The maximum Gasteiger partial charge on any atom is 0.293 e. The van der Waals surface area contributed by atoms with Crippen LogP contribution >= 0.6 is 0 Å². The van der Waals surface area contributed by atoms with E-state index >= 15 is 0 Å². The molecule has 0 aliphatic rings. The highest BCUT2D eigenvalue weighted by atomic mass is 32.2. The van der Waals surface area contributed by atoms with E-state index in [1.165, 1.54) is 12.1 Å². The highest BCUT2D eigenvalue weighted by molar-refractivity contribution is 7.90. The second-order valence-corrected chi connectivity index (χ2v) is 7.93. The quantitative estimate of drug-likeness (QED) is 0.407. The summed E-state index contributed by atoms with van der Waals surface area (Å²) < 4.78 is 28.8. The number of hydrogen-bond acceptors (Lipinski definition) is 6. The number of nitro benzene ring substituents is 1. The zero-order chi connectivity index (χ0) is 19.2. The Balaban J connectivity index is 1.88. The van der Waals surface area contributed by atoms with Crippen molar-refractivity contribution in [1.29, 1.82) is 0 Å². The molecule has 0 saturated carbocycles. The first-order chi connectivity index (χ1) is 12.3. The third-order valence-corrected chi connectivity index (χ3v) is 4.98. The van der Waals surface area contributed by atoms with Crippen LogP contribution in [-0.2, 0) is 14.6 Å². The molecule has 8 heteroatoms. The van der Waals surface area contributed by atoms with E-state index in [0.29, 0.717) is 25.3 Å². The number of hydrogen-bond donors (Lipinski definition) is 1. The number of rotatable bonds is 9. The predicted octanol–water partition coefficient (Wildman–Crippen LogP) is 3.58. The van der Waals surface area contributed by atoms with Crippen molar-refractivity contribution < 1.29 is 18.1 Å². The lowest BCUT2D eigenvalue weighted by Gasteiger charge is -2.14. The molecule has 0 unspecified atom stereocenters. The summed E-state index contributed by atoms with van der Waals surface area (Å²) in [6, 6.07) is 13.7. The van der Waals surface area contributed by atoms with Crippen molar-refractivity contribution in [2.45, 2.75) is 24.3 Å². The third kappa shape index (κ3) is 5.53. The minimum absolute atomic E-state index is 0.0282. The van der Waals surface area contributed by atoms with Crippen LogP contribution in [0.15, 0.2) is 53.4 Å². The fraction of sp³-hybridized carbons (Fsp3) is 0.333. The first-order valence-electron chi connectivity index (χ1n) is 8.18. The molecule has 1 N–H and O–H groups in total. The van der Waals surface area contributed by atoms with Crippen LogP contribution in [0.4, 0.5) is 11.4 Å². The molecule has 0 saturated heterocycles. The van der Waals surface area contributed by atoms with E-state index in [0.717, 1.165) is 17.9 Å². The van der Waals surface area contributed by atoms with Crippen molar-refractivity contribution in [2.24, 2.45) is 0 Å². The minimum atomic E-state index is -3.49. The van der Waals surface area contributed by atoms with Crippen LogP contribution in [0.1, 0.15) is 25.0 Å². The van der Waals surface area contributed by atoms with Crippen molar-refractivity contribution in [1.82, 2.24) is 0 Å². The number of ether oxygens (including phenoxy) is 1. The van der Waals surface area contributed by atoms with Gasteiger partial charge in [-0.25, -0.2) is 8.42 Å². The van der Waals surface area contributed by atoms with Crippen LogP contribution in [0.3, 0.4) is 0 Å². The number of nitrogens with zero attached hydrogens (tertiary/aromatic N) is 1. The van der Waals surface area contributed by atoms with Gasteiger partial charge in [0, 0.05) is 25.5 Å². The summed E-state index contributed by atoms with van der Waals surface area (Å²) in [5.41, 5.74) is 1.12. The maximum absolute atomic E-state index is 11.5. The number of sulfone groups is 1. The minimum Gasteiger partial charge on any atom is -0.379 e. The molecule has 0 bridgehead atoms. The van der Waals surface area contributed by atoms with Gasteiger partial charge in [0.05, 0.1) is 15.9 Å². The second-order valence-electron chi connectivity index (χ2n) is 5.91. The number of anilines is 1. The van der Waals surface area contributed by atoms with Crippen molar-refractivity contribution in [3.63, 3.8) is 0 Å². The van der Waals surface area contributed by atoms with Crippen molar-refractivity contribution in [2.75, 3.05) is 24.7 Å². The van der Waals surface area contributed by atoms with Crippen LogP contribution in [0.2, 0.25) is 0 Å². The molecular weight excluding hydrogens is 356 g/mol. The Hall–Kier alpha value is -2.45. The zero-order valence-electron chi connectivity index (χ0n) is 14.7. The van der Waals surface area contributed by atoms with Crippen LogP contribution in [-0.4, -0.2) is 32.7 Å². The van der Waals surface area contributed by atoms with Gasteiger partial charge >= 0.3 is 0 Å². The standard InChI is InChI=1S/C18H22N2O5S/c1-14(15-7-4-3-5-8-15)25-12-6-11-19-17-10-9-16(26(2,23)24)13-18(17)20(21)22/h3-5,7-10,13-14,19H,6,11-12H2,1-2H3/t14-/m1/s1. The molecule has 26 heavy (non-hydrogen) atoms. The van der Waals surface area contributed by atoms with Gasteiger partial charge in [-0.05, 0) is 31.0 Å². The summed E-state index contributed by atoms with van der Waals surface area (Å²) in [6.45, 7) is 2.94. The molecule has 0 radical (unpaired) electrons. The zero-order valence-corrected chi connectivity index (χ0v) is 15.5. The Kier molecular flexibility index (Phi) is 6.70. The first kappa shape index (κ1) is 19.9. The summed E-state index contributed by atoms with van der Waals surface area (Å²) in [4.78, 5) is 10.5. The lowest BCUT2D eigenvalue weighted by Crippen LogP contribution is -2.09. The Morgan fingerprint density at radius 3 is 2.50 bits per heavy atom. The number of nitrogens with one attached hydrogen (secondary N) is 1. The fourth-order valence-corrected chi connectivity index (χ4v) is 3.06.